The molecule has 1 unspecified atom stereocenters. The van der Waals surface area contributed by atoms with Crippen molar-refractivity contribution in [2.24, 2.45) is 5.92 Å². The summed E-state index contributed by atoms with van der Waals surface area (Å²) < 4.78 is 2.31. The molecule has 1 aromatic rings. The lowest BCUT2D eigenvalue weighted by Gasteiger charge is -2.22. The smallest absolute Gasteiger partial charge is 0.108 e. The summed E-state index contributed by atoms with van der Waals surface area (Å²) in [6, 6.07) is 0. The van der Waals surface area contributed by atoms with Gasteiger partial charge in [0.1, 0.15) is 5.82 Å². The van der Waals surface area contributed by atoms with E-state index >= 15 is 0 Å². The number of hydrogen-bond acceptors (Lipinski definition) is 1. The van der Waals surface area contributed by atoms with Gasteiger partial charge < -0.3 is 4.57 Å². The van der Waals surface area contributed by atoms with Crippen LogP contribution in [0.3, 0.4) is 0 Å². The van der Waals surface area contributed by atoms with Crippen molar-refractivity contribution in [2.45, 2.75) is 39.2 Å². The molecule has 0 fully saturated rings. The molecule has 66 valence electrons. The first-order chi connectivity index (χ1) is 5.90. The fraction of sp³-hybridized carbons (Fsp3) is 0.700. The maximum absolute atomic E-state index is 4.31. The molecule has 0 aliphatic carbocycles. The highest BCUT2D eigenvalue weighted by Gasteiger charge is 2.17. The van der Waals surface area contributed by atoms with Crippen molar-refractivity contribution in [3.63, 3.8) is 0 Å². The SMILES string of the molecule is CCCC1CCc2nccn2C1. The van der Waals surface area contributed by atoms with Gasteiger partial charge in [-0.1, -0.05) is 13.3 Å². The zero-order valence-electron chi connectivity index (χ0n) is 7.66. The van der Waals surface area contributed by atoms with E-state index in [0.717, 1.165) is 5.92 Å². The summed E-state index contributed by atoms with van der Waals surface area (Å²) in [5.41, 5.74) is 0. The predicted molar refractivity (Wildman–Crippen MR) is 48.9 cm³/mol. The van der Waals surface area contributed by atoms with E-state index in [1.807, 2.05) is 6.20 Å². The Morgan fingerprint density at radius 3 is 3.42 bits per heavy atom. The van der Waals surface area contributed by atoms with Crippen LogP contribution in [0.15, 0.2) is 12.4 Å². The van der Waals surface area contributed by atoms with Crippen molar-refractivity contribution in [2.75, 3.05) is 0 Å². The molecule has 2 rings (SSSR count). The molecule has 0 saturated heterocycles. The van der Waals surface area contributed by atoms with Crippen molar-refractivity contribution < 1.29 is 0 Å². The first kappa shape index (κ1) is 7.84. The summed E-state index contributed by atoms with van der Waals surface area (Å²) in [7, 11) is 0. The van der Waals surface area contributed by atoms with E-state index in [1.165, 1.54) is 38.1 Å². The molecule has 1 atom stereocenters. The Hall–Kier alpha value is -0.790. The van der Waals surface area contributed by atoms with Gasteiger partial charge in [0.15, 0.2) is 0 Å². The predicted octanol–water partition coefficient (Wildman–Crippen LogP) is 2.25. The Balaban J connectivity index is 2.05. The highest BCUT2D eigenvalue weighted by molar-refractivity contribution is 4.96. The third kappa shape index (κ3) is 1.38. The van der Waals surface area contributed by atoms with Crippen LogP contribution < -0.4 is 0 Å². The zero-order valence-corrected chi connectivity index (χ0v) is 7.66. The van der Waals surface area contributed by atoms with Crippen molar-refractivity contribution in [3.05, 3.63) is 18.2 Å². The van der Waals surface area contributed by atoms with Crippen LogP contribution in [0.2, 0.25) is 0 Å². The van der Waals surface area contributed by atoms with Crippen molar-refractivity contribution >= 4 is 0 Å². The quantitative estimate of drug-likeness (QED) is 0.655. The van der Waals surface area contributed by atoms with Gasteiger partial charge in [0.25, 0.3) is 0 Å². The lowest BCUT2D eigenvalue weighted by atomic mass is 9.95. The first-order valence-corrected chi connectivity index (χ1v) is 4.90. The Labute approximate surface area is 73.6 Å². The molecule has 2 heterocycles. The monoisotopic (exact) mass is 164 g/mol. The minimum absolute atomic E-state index is 0.900. The van der Waals surface area contributed by atoms with Crippen LogP contribution >= 0.6 is 0 Å². The summed E-state index contributed by atoms with van der Waals surface area (Å²) in [6.45, 7) is 3.46. The number of imidazole rings is 1. The highest BCUT2D eigenvalue weighted by Crippen LogP contribution is 2.22. The molecule has 2 heteroatoms. The average Bonchev–Trinajstić information content (AvgIpc) is 2.51. The third-order valence-corrected chi connectivity index (χ3v) is 2.73. The molecule has 12 heavy (non-hydrogen) atoms. The van der Waals surface area contributed by atoms with Gasteiger partial charge in [-0.25, -0.2) is 4.98 Å². The Kier molecular flexibility index (Phi) is 2.15. The Bertz CT molecular complexity index is 252. The summed E-state index contributed by atoms with van der Waals surface area (Å²) >= 11 is 0. The molecule has 1 aliphatic heterocycles. The second-order valence-corrected chi connectivity index (χ2v) is 3.69. The zero-order chi connectivity index (χ0) is 8.39. The number of nitrogens with zero attached hydrogens (tertiary/aromatic N) is 2. The number of aromatic nitrogens is 2. The number of aryl methyl sites for hydroxylation is 1. The molecule has 0 saturated carbocycles. The van der Waals surface area contributed by atoms with E-state index in [0.29, 0.717) is 0 Å². The maximum Gasteiger partial charge on any atom is 0.108 e. The fourth-order valence-corrected chi connectivity index (χ4v) is 2.08. The van der Waals surface area contributed by atoms with Crippen LogP contribution in [-0.4, -0.2) is 9.55 Å². The Morgan fingerprint density at radius 2 is 2.58 bits per heavy atom. The van der Waals surface area contributed by atoms with E-state index in [9.17, 15) is 0 Å². The van der Waals surface area contributed by atoms with Gasteiger partial charge >= 0.3 is 0 Å². The summed E-state index contributed by atoms with van der Waals surface area (Å²) in [5.74, 6) is 2.18. The molecule has 1 aliphatic rings. The first-order valence-electron chi connectivity index (χ1n) is 4.90. The normalized spacial score (nSPS) is 22.2. The van der Waals surface area contributed by atoms with E-state index in [2.05, 4.69) is 22.7 Å². The summed E-state index contributed by atoms with van der Waals surface area (Å²) in [6.07, 6.45) is 9.23. The van der Waals surface area contributed by atoms with Crippen molar-refractivity contribution in [3.8, 4) is 0 Å². The van der Waals surface area contributed by atoms with Crippen LogP contribution in [0, 0.1) is 5.92 Å². The topological polar surface area (TPSA) is 17.8 Å². The number of rotatable bonds is 2. The highest BCUT2D eigenvalue weighted by atomic mass is 15.1. The number of fused-ring (bicyclic) bond motifs is 1. The second kappa shape index (κ2) is 3.30. The molecule has 0 bridgehead atoms. The van der Waals surface area contributed by atoms with Gasteiger partial charge in [0.2, 0.25) is 0 Å². The van der Waals surface area contributed by atoms with Crippen molar-refractivity contribution in [1.82, 2.24) is 9.55 Å². The largest absolute Gasteiger partial charge is 0.335 e. The van der Waals surface area contributed by atoms with Gasteiger partial charge in [-0.05, 0) is 18.8 Å². The molecule has 2 nitrogen and oxygen atoms in total. The molecule has 0 N–H and O–H groups in total. The fourth-order valence-electron chi connectivity index (χ4n) is 2.08. The molecule has 0 aromatic carbocycles. The van der Waals surface area contributed by atoms with E-state index in [-0.39, 0.29) is 0 Å². The second-order valence-electron chi connectivity index (χ2n) is 3.69. The molecule has 0 spiro atoms. The maximum atomic E-state index is 4.31. The van der Waals surface area contributed by atoms with E-state index in [4.69, 9.17) is 0 Å². The minimum Gasteiger partial charge on any atom is -0.335 e. The van der Waals surface area contributed by atoms with Crippen LogP contribution in [0.5, 0.6) is 0 Å². The van der Waals surface area contributed by atoms with Gasteiger partial charge in [0, 0.05) is 25.4 Å². The van der Waals surface area contributed by atoms with Crippen LogP contribution in [0.25, 0.3) is 0 Å². The molecular formula is C10H16N2. The molecule has 0 radical (unpaired) electrons. The lowest BCUT2D eigenvalue weighted by Crippen LogP contribution is -2.19. The standard InChI is InChI=1S/C10H16N2/c1-2-3-9-4-5-10-11-6-7-12(10)8-9/h6-7,9H,2-5,8H2,1H3. The Morgan fingerprint density at radius 1 is 1.67 bits per heavy atom. The van der Waals surface area contributed by atoms with E-state index in [1.54, 1.807) is 0 Å². The van der Waals surface area contributed by atoms with E-state index < -0.39 is 0 Å². The van der Waals surface area contributed by atoms with Crippen molar-refractivity contribution in [1.29, 1.82) is 0 Å². The van der Waals surface area contributed by atoms with Crippen LogP contribution in [0.1, 0.15) is 32.0 Å². The third-order valence-electron chi connectivity index (χ3n) is 2.73. The summed E-state index contributed by atoms with van der Waals surface area (Å²) in [5, 5.41) is 0. The molecular weight excluding hydrogens is 148 g/mol. The molecule has 1 aromatic heterocycles. The van der Waals surface area contributed by atoms with Crippen LogP contribution in [0.4, 0.5) is 0 Å². The minimum atomic E-state index is 0.900. The lowest BCUT2D eigenvalue weighted by molar-refractivity contribution is 0.342. The van der Waals surface area contributed by atoms with Gasteiger partial charge in [-0.15, -0.1) is 0 Å². The van der Waals surface area contributed by atoms with Crippen LogP contribution in [-0.2, 0) is 13.0 Å². The van der Waals surface area contributed by atoms with Gasteiger partial charge in [0.05, 0.1) is 0 Å². The molecule has 0 amide bonds. The van der Waals surface area contributed by atoms with Gasteiger partial charge in [-0.3, -0.25) is 0 Å². The average molecular weight is 164 g/mol. The number of hydrogen-bond donors (Lipinski definition) is 0. The summed E-state index contributed by atoms with van der Waals surface area (Å²) in [4.78, 5) is 4.31. The van der Waals surface area contributed by atoms with Gasteiger partial charge in [-0.2, -0.15) is 0 Å².